The number of hydrogen-bond acceptors (Lipinski definition) is 5. The number of hydrogen-bond donors (Lipinski definition) is 1. The molecular weight excluding hydrogens is 312 g/mol. The first-order chi connectivity index (χ1) is 11.2. The Morgan fingerprint density at radius 2 is 2.30 bits per heavy atom. The molecule has 0 spiro atoms. The van der Waals surface area contributed by atoms with Crippen LogP contribution in [0.2, 0.25) is 0 Å². The van der Waals surface area contributed by atoms with Crippen LogP contribution >= 0.6 is 11.3 Å². The van der Waals surface area contributed by atoms with E-state index in [-0.39, 0.29) is 11.8 Å². The molecule has 1 fully saturated rings. The van der Waals surface area contributed by atoms with E-state index in [1.165, 1.54) is 11.3 Å². The van der Waals surface area contributed by atoms with Crippen molar-refractivity contribution in [1.82, 2.24) is 19.3 Å². The summed E-state index contributed by atoms with van der Waals surface area (Å²) in [7, 11) is 0. The largest absolute Gasteiger partial charge is 0.391 e. The van der Waals surface area contributed by atoms with Crippen molar-refractivity contribution in [3.8, 4) is 0 Å². The van der Waals surface area contributed by atoms with Crippen molar-refractivity contribution >= 4 is 22.2 Å². The molecule has 4 rings (SSSR count). The zero-order chi connectivity index (χ0) is 15.8. The molecule has 1 amide bonds. The molecule has 6 nitrogen and oxygen atoms in total. The van der Waals surface area contributed by atoms with Crippen LogP contribution in [0.25, 0.3) is 4.96 Å². The van der Waals surface area contributed by atoms with E-state index < -0.39 is 6.10 Å². The van der Waals surface area contributed by atoms with E-state index in [1.54, 1.807) is 17.3 Å². The number of aliphatic hydroxyl groups is 1. The van der Waals surface area contributed by atoms with E-state index >= 15 is 0 Å². The van der Waals surface area contributed by atoms with Gasteiger partial charge in [-0.15, -0.1) is 11.3 Å². The molecule has 0 bridgehead atoms. The van der Waals surface area contributed by atoms with Crippen molar-refractivity contribution in [1.29, 1.82) is 0 Å². The SMILES string of the molecule is O=C(c1cn2ccsc2n1)N1C[C@@H](Cc2ccccn2)[C@H](O)C1. The summed E-state index contributed by atoms with van der Waals surface area (Å²) in [5, 5.41) is 12.2. The molecule has 0 saturated carbocycles. The minimum atomic E-state index is -0.523. The van der Waals surface area contributed by atoms with Crippen molar-refractivity contribution in [2.75, 3.05) is 13.1 Å². The minimum Gasteiger partial charge on any atom is -0.391 e. The van der Waals surface area contributed by atoms with E-state index in [1.807, 2.05) is 34.2 Å². The van der Waals surface area contributed by atoms with Crippen molar-refractivity contribution in [3.05, 3.63) is 53.6 Å². The Balaban J connectivity index is 1.48. The molecule has 118 valence electrons. The molecule has 7 heteroatoms. The maximum Gasteiger partial charge on any atom is 0.274 e. The Morgan fingerprint density at radius 1 is 1.39 bits per heavy atom. The van der Waals surface area contributed by atoms with Crippen LogP contribution in [0.15, 0.2) is 42.2 Å². The third kappa shape index (κ3) is 2.73. The Labute approximate surface area is 137 Å². The third-order valence-corrected chi connectivity index (χ3v) is 4.97. The molecule has 3 aromatic heterocycles. The van der Waals surface area contributed by atoms with Crippen LogP contribution in [0, 0.1) is 5.92 Å². The van der Waals surface area contributed by atoms with Crippen LogP contribution in [-0.4, -0.2) is 49.5 Å². The summed E-state index contributed by atoms with van der Waals surface area (Å²) >= 11 is 1.49. The number of fused-ring (bicyclic) bond motifs is 1. The second-order valence-corrected chi connectivity index (χ2v) is 6.65. The summed E-state index contributed by atoms with van der Waals surface area (Å²) in [6.07, 6.45) is 5.52. The predicted molar refractivity (Wildman–Crippen MR) is 86.4 cm³/mol. The molecule has 0 radical (unpaired) electrons. The van der Waals surface area contributed by atoms with E-state index in [9.17, 15) is 9.90 Å². The monoisotopic (exact) mass is 328 g/mol. The number of thiazole rings is 1. The van der Waals surface area contributed by atoms with Gasteiger partial charge in [0.1, 0.15) is 5.69 Å². The number of aliphatic hydroxyl groups excluding tert-OH is 1. The van der Waals surface area contributed by atoms with Gasteiger partial charge >= 0.3 is 0 Å². The summed E-state index contributed by atoms with van der Waals surface area (Å²) in [6, 6.07) is 5.75. The standard InChI is InChI=1S/C16H16N4O2S/c21-14-10-20(8-11(14)7-12-3-1-2-4-17-12)15(22)13-9-19-5-6-23-16(19)18-13/h1-6,9,11,14,21H,7-8,10H2/t11-,14-/m1/s1. The molecule has 1 aliphatic rings. The number of β-amino-alcohol motifs (C(OH)–C–C–N with tert-alkyl or cyclic N) is 1. The van der Waals surface area contributed by atoms with Crippen LogP contribution < -0.4 is 0 Å². The predicted octanol–water partition coefficient (Wildman–Crippen LogP) is 1.47. The summed E-state index contributed by atoms with van der Waals surface area (Å²) in [4.78, 5) is 23.7. The summed E-state index contributed by atoms with van der Waals surface area (Å²) in [6.45, 7) is 0.878. The molecule has 2 atom stereocenters. The smallest absolute Gasteiger partial charge is 0.274 e. The van der Waals surface area contributed by atoms with Gasteiger partial charge in [0, 0.05) is 48.7 Å². The van der Waals surface area contributed by atoms with Gasteiger partial charge in [-0.2, -0.15) is 0 Å². The second-order valence-electron chi connectivity index (χ2n) is 5.78. The van der Waals surface area contributed by atoms with Gasteiger partial charge in [0.2, 0.25) is 0 Å². The number of amides is 1. The molecular formula is C16H16N4O2S. The number of carbonyl (C=O) groups is 1. The first-order valence-corrected chi connectivity index (χ1v) is 8.38. The minimum absolute atomic E-state index is 0.0117. The van der Waals surface area contributed by atoms with E-state index in [2.05, 4.69) is 9.97 Å². The molecule has 1 N–H and O–H groups in total. The van der Waals surface area contributed by atoms with Crippen LogP contribution in [0.4, 0.5) is 0 Å². The van der Waals surface area contributed by atoms with Gasteiger partial charge in [0.25, 0.3) is 5.91 Å². The number of pyridine rings is 1. The molecule has 0 unspecified atom stereocenters. The van der Waals surface area contributed by atoms with Gasteiger partial charge < -0.3 is 10.0 Å². The van der Waals surface area contributed by atoms with Gasteiger partial charge in [-0.1, -0.05) is 6.07 Å². The Morgan fingerprint density at radius 3 is 3.09 bits per heavy atom. The normalized spacial score (nSPS) is 21.2. The number of rotatable bonds is 3. The Bertz CT molecular complexity index is 800. The Kier molecular flexibility index (Phi) is 3.59. The van der Waals surface area contributed by atoms with Crippen molar-refractivity contribution in [3.63, 3.8) is 0 Å². The lowest BCUT2D eigenvalue weighted by Gasteiger charge is -2.14. The van der Waals surface area contributed by atoms with Crippen molar-refractivity contribution in [2.24, 2.45) is 5.92 Å². The van der Waals surface area contributed by atoms with Crippen LogP contribution in [0.3, 0.4) is 0 Å². The number of likely N-dealkylation sites (tertiary alicyclic amines) is 1. The fraction of sp³-hybridized carbons (Fsp3) is 0.312. The average molecular weight is 328 g/mol. The fourth-order valence-electron chi connectivity index (χ4n) is 3.00. The molecule has 3 aromatic rings. The highest BCUT2D eigenvalue weighted by Crippen LogP contribution is 2.23. The number of imidazole rings is 1. The molecule has 1 aliphatic heterocycles. The summed E-state index contributed by atoms with van der Waals surface area (Å²) < 4.78 is 1.84. The molecule has 0 aromatic carbocycles. The first kappa shape index (κ1) is 14.3. The number of carbonyl (C=O) groups excluding carboxylic acids is 1. The van der Waals surface area contributed by atoms with Crippen LogP contribution in [0.5, 0.6) is 0 Å². The summed E-state index contributed by atoms with van der Waals surface area (Å²) in [5.41, 5.74) is 1.37. The second kappa shape index (κ2) is 5.75. The van der Waals surface area contributed by atoms with Gasteiger partial charge in [0.05, 0.1) is 6.10 Å². The molecule has 0 aliphatic carbocycles. The first-order valence-electron chi connectivity index (χ1n) is 7.50. The maximum absolute atomic E-state index is 12.6. The van der Waals surface area contributed by atoms with Crippen LogP contribution in [-0.2, 0) is 6.42 Å². The highest BCUT2D eigenvalue weighted by Gasteiger charge is 2.35. The van der Waals surface area contributed by atoms with Crippen LogP contribution in [0.1, 0.15) is 16.2 Å². The Hall–Kier alpha value is -2.25. The van der Waals surface area contributed by atoms with Crippen molar-refractivity contribution in [2.45, 2.75) is 12.5 Å². The molecule has 4 heterocycles. The van der Waals surface area contributed by atoms with Gasteiger partial charge in [0.15, 0.2) is 4.96 Å². The van der Waals surface area contributed by atoms with E-state index in [4.69, 9.17) is 0 Å². The third-order valence-electron chi connectivity index (χ3n) is 4.20. The van der Waals surface area contributed by atoms with Gasteiger partial charge in [-0.25, -0.2) is 4.98 Å². The lowest BCUT2D eigenvalue weighted by Crippen LogP contribution is -2.29. The van der Waals surface area contributed by atoms with E-state index in [0.717, 1.165) is 10.7 Å². The lowest BCUT2D eigenvalue weighted by atomic mass is 10.00. The highest BCUT2D eigenvalue weighted by molar-refractivity contribution is 7.15. The number of aromatic nitrogens is 3. The zero-order valence-corrected chi connectivity index (χ0v) is 13.2. The number of nitrogens with zero attached hydrogens (tertiary/aromatic N) is 4. The van der Waals surface area contributed by atoms with Gasteiger partial charge in [-0.3, -0.25) is 14.2 Å². The topological polar surface area (TPSA) is 70.7 Å². The molecule has 23 heavy (non-hydrogen) atoms. The lowest BCUT2D eigenvalue weighted by molar-refractivity contribution is 0.0759. The van der Waals surface area contributed by atoms with E-state index in [0.29, 0.717) is 25.2 Å². The highest BCUT2D eigenvalue weighted by atomic mass is 32.1. The summed E-state index contributed by atoms with van der Waals surface area (Å²) in [5.74, 6) is -0.110. The fourth-order valence-corrected chi connectivity index (χ4v) is 3.70. The van der Waals surface area contributed by atoms with Gasteiger partial charge in [-0.05, 0) is 18.6 Å². The maximum atomic E-state index is 12.6. The molecule has 1 saturated heterocycles. The quantitative estimate of drug-likeness (QED) is 0.790. The zero-order valence-electron chi connectivity index (χ0n) is 12.4. The average Bonchev–Trinajstić information content (AvgIpc) is 3.23. The van der Waals surface area contributed by atoms with Crippen molar-refractivity contribution < 1.29 is 9.90 Å².